The lowest BCUT2D eigenvalue weighted by Crippen LogP contribution is -2.54. The summed E-state index contributed by atoms with van der Waals surface area (Å²) in [6, 6.07) is 4.13. The minimum absolute atomic E-state index is 0.121. The molecule has 2 aliphatic rings. The number of nitrogens with two attached hydrogens (primary N) is 1. The van der Waals surface area contributed by atoms with E-state index in [-0.39, 0.29) is 24.1 Å². The van der Waals surface area contributed by atoms with E-state index in [9.17, 15) is 9.59 Å². The molecule has 0 spiro atoms. The topological polar surface area (TPSA) is 79.1 Å². The summed E-state index contributed by atoms with van der Waals surface area (Å²) in [6.07, 6.45) is -0.616. The molecular formula is C18H26N4O3. The molecular weight excluding hydrogens is 320 g/mol. The normalized spacial score (nSPS) is 24.1. The standard InChI is InChI=1S/C18H26N4O3/c1-11-5-14(22-9-15(7-19)25-18(22)24)6-12(2)17(11)21-8-13(3)20(4)16(23)10-21/h5-6,13,15H,7-10,19H2,1-4H3. The maximum absolute atomic E-state index is 12.2. The first-order valence-electron chi connectivity index (χ1n) is 8.62. The fourth-order valence-electron chi connectivity index (χ4n) is 3.64. The van der Waals surface area contributed by atoms with E-state index in [0.717, 1.165) is 29.0 Å². The second-order valence-corrected chi connectivity index (χ2v) is 7.01. The van der Waals surface area contributed by atoms with Crippen molar-refractivity contribution in [2.45, 2.75) is 32.9 Å². The lowest BCUT2D eigenvalue weighted by Gasteiger charge is -2.40. The van der Waals surface area contributed by atoms with Gasteiger partial charge in [-0.15, -0.1) is 0 Å². The SMILES string of the molecule is Cc1cc(N2CC(CN)OC2=O)cc(C)c1N1CC(=O)N(C)C(C)C1. The molecule has 7 heteroatoms. The van der Waals surface area contributed by atoms with Crippen molar-refractivity contribution in [3.8, 4) is 0 Å². The van der Waals surface area contributed by atoms with Gasteiger partial charge in [-0.1, -0.05) is 0 Å². The van der Waals surface area contributed by atoms with E-state index in [4.69, 9.17) is 10.5 Å². The second-order valence-electron chi connectivity index (χ2n) is 7.01. The molecule has 1 aromatic carbocycles. The summed E-state index contributed by atoms with van der Waals surface area (Å²) < 4.78 is 5.25. The van der Waals surface area contributed by atoms with E-state index < -0.39 is 0 Å². The van der Waals surface area contributed by atoms with Crippen molar-refractivity contribution >= 4 is 23.4 Å². The van der Waals surface area contributed by atoms with Gasteiger partial charge >= 0.3 is 6.09 Å². The zero-order chi connectivity index (χ0) is 18.3. The van der Waals surface area contributed by atoms with Crippen molar-refractivity contribution in [2.75, 3.05) is 43.0 Å². The molecule has 7 nitrogen and oxygen atoms in total. The minimum Gasteiger partial charge on any atom is -0.443 e. The summed E-state index contributed by atoms with van der Waals surface area (Å²) >= 11 is 0. The number of likely N-dealkylation sites (N-methyl/N-ethyl adjacent to an activating group) is 1. The highest BCUT2D eigenvalue weighted by Gasteiger charge is 2.33. The van der Waals surface area contributed by atoms with Crippen molar-refractivity contribution in [2.24, 2.45) is 5.73 Å². The molecule has 2 atom stereocenters. The van der Waals surface area contributed by atoms with Crippen LogP contribution in [0.25, 0.3) is 0 Å². The van der Waals surface area contributed by atoms with Gasteiger partial charge in [0.25, 0.3) is 0 Å². The first-order chi connectivity index (χ1) is 11.8. The maximum Gasteiger partial charge on any atom is 0.414 e. The molecule has 1 aromatic rings. The van der Waals surface area contributed by atoms with E-state index in [1.807, 2.05) is 33.0 Å². The molecule has 2 unspecified atom stereocenters. The average Bonchev–Trinajstić information content (AvgIpc) is 2.93. The van der Waals surface area contributed by atoms with E-state index >= 15 is 0 Å². The number of nitrogens with zero attached hydrogens (tertiary/aromatic N) is 3. The predicted molar refractivity (Wildman–Crippen MR) is 97.0 cm³/mol. The number of aryl methyl sites for hydroxylation is 2. The molecule has 0 bridgehead atoms. The van der Waals surface area contributed by atoms with Crippen LogP contribution in [0.1, 0.15) is 18.1 Å². The van der Waals surface area contributed by atoms with Gasteiger partial charge in [0.2, 0.25) is 5.91 Å². The number of hydrogen-bond acceptors (Lipinski definition) is 5. The molecule has 2 saturated heterocycles. The Labute approximate surface area is 148 Å². The maximum atomic E-state index is 12.2. The van der Waals surface area contributed by atoms with E-state index in [1.54, 1.807) is 9.80 Å². The number of piperazine rings is 1. The number of anilines is 2. The molecule has 25 heavy (non-hydrogen) atoms. The molecule has 2 aliphatic heterocycles. The van der Waals surface area contributed by atoms with Gasteiger partial charge in [-0.3, -0.25) is 9.69 Å². The smallest absolute Gasteiger partial charge is 0.414 e. The van der Waals surface area contributed by atoms with Crippen LogP contribution in [0.2, 0.25) is 0 Å². The van der Waals surface area contributed by atoms with Crippen molar-refractivity contribution < 1.29 is 14.3 Å². The van der Waals surface area contributed by atoms with Crippen molar-refractivity contribution in [3.63, 3.8) is 0 Å². The highest BCUT2D eigenvalue weighted by Crippen LogP contribution is 2.33. The number of carbonyl (C=O) groups excluding carboxylic acids is 2. The Bertz CT molecular complexity index is 683. The van der Waals surface area contributed by atoms with Crippen LogP contribution in [0.3, 0.4) is 0 Å². The Balaban J connectivity index is 1.89. The molecule has 2 fully saturated rings. The quantitative estimate of drug-likeness (QED) is 0.891. The third-order valence-electron chi connectivity index (χ3n) is 5.11. The number of ether oxygens (including phenoxy) is 1. The van der Waals surface area contributed by atoms with Crippen LogP contribution < -0.4 is 15.5 Å². The number of amides is 2. The van der Waals surface area contributed by atoms with Gasteiger partial charge in [0.1, 0.15) is 6.10 Å². The van der Waals surface area contributed by atoms with Crippen LogP contribution in [0.5, 0.6) is 0 Å². The Morgan fingerprint density at radius 2 is 1.84 bits per heavy atom. The van der Waals surface area contributed by atoms with Gasteiger partial charge in [-0.2, -0.15) is 0 Å². The first-order valence-corrected chi connectivity index (χ1v) is 8.62. The van der Waals surface area contributed by atoms with Crippen LogP contribution >= 0.6 is 0 Å². The third kappa shape index (κ3) is 3.16. The minimum atomic E-state index is -0.356. The Morgan fingerprint density at radius 3 is 2.36 bits per heavy atom. The largest absolute Gasteiger partial charge is 0.443 e. The average molecular weight is 346 g/mol. The molecule has 0 aliphatic carbocycles. The third-order valence-corrected chi connectivity index (χ3v) is 5.11. The summed E-state index contributed by atoms with van der Waals surface area (Å²) in [7, 11) is 1.85. The van der Waals surface area contributed by atoms with Crippen molar-refractivity contribution in [1.82, 2.24) is 4.90 Å². The summed E-state index contributed by atoms with van der Waals surface area (Å²) in [6.45, 7) is 8.04. The van der Waals surface area contributed by atoms with Gasteiger partial charge < -0.3 is 20.3 Å². The van der Waals surface area contributed by atoms with Crippen LogP contribution in [-0.2, 0) is 9.53 Å². The van der Waals surface area contributed by atoms with Crippen LogP contribution in [0, 0.1) is 13.8 Å². The lowest BCUT2D eigenvalue weighted by atomic mass is 10.0. The Morgan fingerprint density at radius 1 is 1.20 bits per heavy atom. The zero-order valence-corrected chi connectivity index (χ0v) is 15.3. The predicted octanol–water partition coefficient (Wildman–Crippen LogP) is 1.25. The van der Waals surface area contributed by atoms with Gasteiger partial charge in [0, 0.05) is 37.6 Å². The van der Waals surface area contributed by atoms with Crippen LogP contribution in [0.4, 0.5) is 16.2 Å². The highest BCUT2D eigenvalue weighted by molar-refractivity contribution is 5.91. The summed E-state index contributed by atoms with van der Waals surface area (Å²) in [5, 5.41) is 0. The fourth-order valence-corrected chi connectivity index (χ4v) is 3.64. The first kappa shape index (κ1) is 17.5. The zero-order valence-electron chi connectivity index (χ0n) is 15.3. The molecule has 136 valence electrons. The molecule has 3 rings (SSSR count). The molecule has 0 saturated carbocycles. The molecule has 0 aromatic heterocycles. The molecule has 2 amide bonds. The van der Waals surface area contributed by atoms with Gasteiger partial charge in [0.05, 0.1) is 13.1 Å². The summed E-state index contributed by atoms with van der Waals surface area (Å²) in [5.74, 6) is 0.121. The summed E-state index contributed by atoms with van der Waals surface area (Å²) in [5.41, 5.74) is 9.58. The summed E-state index contributed by atoms with van der Waals surface area (Å²) in [4.78, 5) is 29.8. The van der Waals surface area contributed by atoms with E-state index in [0.29, 0.717) is 19.6 Å². The van der Waals surface area contributed by atoms with Crippen LogP contribution in [-0.4, -0.2) is 62.3 Å². The number of cyclic esters (lactones) is 1. The molecule has 0 radical (unpaired) electrons. The number of carbonyl (C=O) groups is 2. The van der Waals surface area contributed by atoms with Crippen molar-refractivity contribution in [3.05, 3.63) is 23.3 Å². The van der Waals surface area contributed by atoms with Gasteiger partial charge in [0.15, 0.2) is 0 Å². The Hall–Kier alpha value is -2.28. The van der Waals surface area contributed by atoms with Crippen molar-refractivity contribution in [1.29, 1.82) is 0 Å². The lowest BCUT2D eigenvalue weighted by molar-refractivity contribution is -0.131. The van der Waals surface area contributed by atoms with E-state index in [2.05, 4.69) is 11.8 Å². The molecule has 2 heterocycles. The monoisotopic (exact) mass is 346 g/mol. The van der Waals surface area contributed by atoms with Gasteiger partial charge in [-0.25, -0.2) is 4.79 Å². The number of rotatable bonds is 3. The number of hydrogen-bond donors (Lipinski definition) is 1. The Kier molecular flexibility index (Phi) is 4.60. The van der Waals surface area contributed by atoms with Crippen LogP contribution in [0.15, 0.2) is 12.1 Å². The number of benzene rings is 1. The molecule has 2 N–H and O–H groups in total. The van der Waals surface area contributed by atoms with E-state index in [1.165, 1.54) is 0 Å². The highest BCUT2D eigenvalue weighted by atomic mass is 16.6. The van der Waals surface area contributed by atoms with Gasteiger partial charge in [-0.05, 0) is 44.0 Å². The second kappa shape index (κ2) is 6.55. The fraction of sp³-hybridized carbons (Fsp3) is 0.556.